The number of nitrogens with zero attached hydrogens (tertiary/aromatic N) is 1. The Kier molecular flexibility index (Phi) is 3.96. The van der Waals surface area contributed by atoms with E-state index in [0.717, 1.165) is 6.42 Å². The lowest BCUT2D eigenvalue weighted by Crippen LogP contribution is -2.16. The van der Waals surface area contributed by atoms with Crippen LogP contribution in [-0.2, 0) is 0 Å². The fourth-order valence-corrected chi connectivity index (χ4v) is 2.68. The number of aliphatic hydroxyl groups excluding tert-OH is 1. The molecule has 0 radical (unpaired) electrons. The van der Waals surface area contributed by atoms with E-state index in [1.54, 1.807) is 0 Å². The molecule has 1 aromatic carbocycles. The van der Waals surface area contributed by atoms with E-state index in [1.165, 1.54) is 29.5 Å². The number of halogens is 3. The molecule has 1 atom stereocenters. The van der Waals surface area contributed by atoms with Crippen molar-refractivity contribution in [2.75, 3.05) is 0 Å². The molecular formula is C12H12F3NO2S. The van der Waals surface area contributed by atoms with E-state index in [0.29, 0.717) is 21.6 Å². The first-order valence-electron chi connectivity index (χ1n) is 5.73. The molecule has 0 saturated carbocycles. The molecule has 0 spiro atoms. The van der Waals surface area contributed by atoms with Crippen molar-refractivity contribution in [3.8, 4) is 5.75 Å². The second-order valence-corrected chi connectivity index (χ2v) is 5.10. The Labute approximate surface area is 111 Å². The highest BCUT2D eigenvalue weighted by molar-refractivity contribution is 7.18. The third kappa shape index (κ3) is 3.57. The van der Waals surface area contributed by atoms with Gasteiger partial charge in [0.25, 0.3) is 0 Å². The summed E-state index contributed by atoms with van der Waals surface area (Å²) in [5.74, 6) is -0.278. The third-order valence-electron chi connectivity index (χ3n) is 2.46. The molecule has 1 unspecified atom stereocenters. The van der Waals surface area contributed by atoms with E-state index in [-0.39, 0.29) is 5.75 Å². The zero-order valence-electron chi connectivity index (χ0n) is 10.1. The molecule has 19 heavy (non-hydrogen) atoms. The van der Waals surface area contributed by atoms with Crippen LogP contribution in [0, 0.1) is 0 Å². The number of rotatable bonds is 4. The van der Waals surface area contributed by atoms with E-state index >= 15 is 0 Å². The van der Waals surface area contributed by atoms with E-state index in [4.69, 9.17) is 0 Å². The minimum atomic E-state index is -4.71. The lowest BCUT2D eigenvalue weighted by molar-refractivity contribution is -0.274. The number of alkyl halides is 3. The van der Waals surface area contributed by atoms with Gasteiger partial charge in [0.05, 0.1) is 10.2 Å². The monoisotopic (exact) mass is 291 g/mol. The van der Waals surface area contributed by atoms with Crippen molar-refractivity contribution in [1.29, 1.82) is 0 Å². The zero-order valence-corrected chi connectivity index (χ0v) is 10.9. The van der Waals surface area contributed by atoms with Gasteiger partial charge in [-0.1, -0.05) is 13.3 Å². The summed E-state index contributed by atoms with van der Waals surface area (Å²) in [6, 6.07) is 3.95. The van der Waals surface area contributed by atoms with Gasteiger partial charge < -0.3 is 9.84 Å². The first-order valence-corrected chi connectivity index (χ1v) is 6.55. The van der Waals surface area contributed by atoms with E-state index in [9.17, 15) is 18.3 Å². The SMILES string of the molecule is CCCC(O)c1nc2ccc(OC(F)(F)F)cc2s1. The van der Waals surface area contributed by atoms with Crippen LogP contribution in [0.1, 0.15) is 30.9 Å². The van der Waals surface area contributed by atoms with Crippen LogP contribution in [-0.4, -0.2) is 16.5 Å². The largest absolute Gasteiger partial charge is 0.573 e. The van der Waals surface area contributed by atoms with Crippen LogP contribution in [0.3, 0.4) is 0 Å². The van der Waals surface area contributed by atoms with Crippen LogP contribution in [0.15, 0.2) is 18.2 Å². The molecule has 0 aliphatic heterocycles. The second kappa shape index (κ2) is 5.34. The molecule has 1 N–H and O–H groups in total. The summed E-state index contributed by atoms with van der Waals surface area (Å²) in [7, 11) is 0. The summed E-state index contributed by atoms with van der Waals surface area (Å²) in [6.07, 6.45) is -4.00. The van der Waals surface area contributed by atoms with Crippen LogP contribution >= 0.6 is 11.3 Å². The summed E-state index contributed by atoms with van der Waals surface area (Å²) >= 11 is 1.18. The summed E-state index contributed by atoms with van der Waals surface area (Å²) in [5, 5.41) is 10.3. The number of fused-ring (bicyclic) bond motifs is 1. The fourth-order valence-electron chi connectivity index (χ4n) is 1.66. The summed E-state index contributed by atoms with van der Waals surface area (Å²) < 4.78 is 40.7. The van der Waals surface area contributed by atoms with E-state index < -0.39 is 12.5 Å². The Bertz CT molecular complexity index is 568. The maximum Gasteiger partial charge on any atom is 0.573 e. The Balaban J connectivity index is 2.28. The average molecular weight is 291 g/mol. The first kappa shape index (κ1) is 14.1. The standard InChI is InChI=1S/C12H12F3NO2S/c1-2-3-9(17)11-16-8-5-4-7(6-10(8)19-11)18-12(13,14)15/h4-6,9,17H,2-3H2,1H3. The molecule has 3 nitrogen and oxygen atoms in total. The first-order chi connectivity index (χ1) is 8.89. The molecular weight excluding hydrogens is 279 g/mol. The molecule has 2 rings (SSSR count). The predicted molar refractivity (Wildman–Crippen MR) is 66.2 cm³/mol. The topological polar surface area (TPSA) is 42.4 Å². The van der Waals surface area contributed by atoms with Crippen LogP contribution < -0.4 is 4.74 Å². The van der Waals surface area contributed by atoms with Gasteiger partial charge in [-0.05, 0) is 24.6 Å². The van der Waals surface area contributed by atoms with Gasteiger partial charge in [0.2, 0.25) is 0 Å². The van der Waals surface area contributed by atoms with Gasteiger partial charge in [0.15, 0.2) is 0 Å². The molecule has 0 fully saturated rings. The Hall–Kier alpha value is -1.34. The van der Waals surface area contributed by atoms with Gasteiger partial charge in [0, 0.05) is 0 Å². The number of benzene rings is 1. The number of hydrogen-bond donors (Lipinski definition) is 1. The zero-order chi connectivity index (χ0) is 14.0. The molecule has 2 aromatic rings. The summed E-state index contributed by atoms with van der Waals surface area (Å²) in [4.78, 5) is 4.20. The molecule has 1 aromatic heterocycles. The van der Waals surface area contributed by atoms with Gasteiger partial charge in [-0.25, -0.2) is 4.98 Å². The van der Waals surface area contributed by atoms with Crippen molar-refractivity contribution >= 4 is 21.6 Å². The van der Waals surface area contributed by atoms with Crippen LogP contribution in [0.5, 0.6) is 5.75 Å². The fraction of sp³-hybridized carbons (Fsp3) is 0.417. The Morgan fingerprint density at radius 3 is 2.79 bits per heavy atom. The number of aromatic nitrogens is 1. The molecule has 0 aliphatic rings. The van der Waals surface area contributed by atoms with Crippen LogP contribution in [0.25, 0.3) is 10.2 Å². The highest BCUT2D eigenvalue weighted by Crippen LogP contribution is 2.32. The molecule has 1 heterocycles. The smallest absolute Gasteiger partial charge is 0.406 e. The Morgan fingerprint density at radius 1 is 1.42 bits per heavy atom. The number of hydrogen-bond acceptors (Lipinski definition) is 4. The molecule has 7 heteroatoms. The highest BCUT2D eigenvalue weighted by Gasteiger charge is 2.31. The summed E-state index contributed by atoms with van der Waals surface area (Å²) in [6.45, 7) is 1.94. The summed E-state index contributed by atoms with van der Waals surface area (Å²) in [5.41, 5.74) is 0.560. The third-order valence-corrected chi connectivity index (χ3v) is 3.58. The van der Waals surface area contributed by atoms with Crippen LogP contribution in [0.4, 0.5) is 13.2 Å². The van der Waals surface area contributed by atoms with E-state index in [2.05, 4.69) is 9.72 Å². The van der Waals surface area contributed by atoms with Crippen molar-refractivity contribution in [2.24, 2.45) is 0 Å². The van der Waals surface area contributed by atoms with Gasteiger partial charge in [0.1, 0.15) is 16.9 Å². The van der Waals surface area contributed by atoms with Gasteiger partial charge in [-0.2, -0.15) is 0 Å². The molecule has 0 aliphatic carbocycles. The predicted octanol–water partition coefficient (Wildman–Crippen LogP) is 4.03. The van der Waals surface area contributed by atoms with E-state index in [1.807, 2.05) is 6.92 Å². The maximum absolute atomic E-state index is 12.1. The number of aliphatic hydroxyl groups is 1. The van der Waals surface area contributed by atoms with Crippen molar-refractivity contribution in [3.63, 3.8) is 0 Å². The number of thiazole rings is 1. The molecule has 104 valence electrons. The normalized spacial score (nSPS) is 13.7. The maximum atomic E-state index is 12.1. The highest BCUT2D eigenvalue weighted by atomic mass is 32.1. The average Bonchev–Trinajstić information content (AvgIpc) is 2.70. The molecule has 0 amide bonds. The molecule has 0 bridgehead atoms. The quantitative estimate of drug-likeness (QED) is 0.924. The number of ether oxygens (including phenoxy) is 1. The van der Waals surface area contributed by atoms with Crippen molar-refractivity contribution in [3.05, 3.63) is 23.2 Å². The van der Waals surface area contributed by atoms with Gasteiger partial charge in [-0.3, -0.25) is 0 Å². The Morgan fingerprint density at radius 2 is 2.16 bits per heavy atom. The van der Waals surface area contributed by atoms with Crippen molar-refractivity contribution in [2.45, 2.75) is 32.2 Å². The van der Waals surface area contributed by atoms with Crippen molar-refractivity contribution in [1.82, 2.24) is 4.98 Å². The van der Waals surface area contributed by atoms with Gasteiger partial charge >= 0.3 is 6.36 Å². The minimum Gasteiger partial charge on any atom is -0.406 e. The van der Waals surface area contributed by atoms with Crippen molar-refractivity contribution < 1.29 is 23.0 Å². The van der Waals surface area contributed by atoms with Crippen LogP contribution in [0.2, 0.25) is 0 Å². The second-order valence-electron chi connectivity index (χ2n) is 4.03. The van der Waals surface area contributed by atoms with Gasteiger partial charge in [-0.15, -0.1) is 24.5 Å². The minimum absolute atomic E-state index is 0.278. The lowest BCUT2D eigenvalue weighted by Gasteiger charge is -2.07. The molecule has 0 saturated heterocycles. The lowest BCUT2D eigenvalue weighted by atomic mass is 10.2.